The second-order valence-corrected chi connectivity index (χ2v) is 7.34. The summed E-state index contributed by atoms with van der Waals surface area (Å²) in [5.74, 6) is 0.00923. The summed E-state index contributed by atoms with van der Waals surface area (Å²) < 4.78 is 5.31. The number of thiazole rings is 2. The van der Waals surface area contributed by atoms with Gasteiger partial charge in [-0.05, 0) is 17.5 Å². The maximum absolute atomic E-state index is 12.2. The Labute approximate surface area is 154 Å². The van der Waals surface area contributed by atoms with Crippen LogP contribution >= 0.6 is 34.0 Å². The van der Waals surface area contributed by atoms with Crippen molar-refractivity contribution in [3.05, 3.63) is 57.4 Å². The molecule has 4 aromatic heterocycles. The van der Waals surface area contributed by atoms with Crippen LogP contribution in [0, 0.1) is 0 Å². The summed E-state index contributed by atoms with van der Waals surface area (Å²) in [7, 11) is 0. The number of aromatic nitrogens is 4. The SMILES string of the molecule is O=C(OCc1csc(-c2ccsc2)n1)c1csc(-c2ncccn2)n1. The molecule has 4 aromatic rings. The first-order valence-electron chi connectivity index (χ1n) is 7.16. The van der Waals surface area contributed by atoms with Crippen LogP contribution in [0.1, 0.15) is 16.2 Å². The highest BCUT2D eigenvalue weighted by Gasteiger charge is 2.15. The number of carbonyl (C=O) groups is 1. The molecule has 0 atom stereocenters. The van der Waals surface area contributed by atoms with Crippen molar-refractivity contribution in [2.45, 2.75) is 6.61 Å². The molecule has 9 heteroatoms. The molecule has 0 aliphatic rings. The van der Waals surface area contributed by atoms with Gasteiger partial charge in [-0.25, -0.2) is 24.7 Å². The molecule has 25 heavy (non-hydrogen) atoms. The zero-order valence-corrected chi connectivity index (χ0v) is 15.1. The van der Waals surface area contributed by atoms with Gasteiger partial charge in [0.2, 0.25) is 0 Å². The molecule has 0 saturated heterocycles. The van der Waals surface area contributed by atoms with E-state index in [4.69, 9.17) is 4.74 Å². The van der Waals surface area contributed by atoms with Crippen molar-refractivity contribution in [1.82, 2.24) is 19.9 Å². The molecule has 0 radical (unpaired) electrons. The van der Waals surface area contributed by atoms with Crippen LogP contribution in [-0.4, -0.2) is 25.9 Å². The minimum Gasteiger partial charge on any atom is -0.454 e. The third-order valence-electron chi connectivity index (χ3n) is 3.14. The maximum Gasteiger partial charge on any atom is 0.358 e. The van der Waals surface area contributed by atoms with E-state index in [1.165, 1.54) is 22.7 Å². The fourth-order valence-electron chi connectivity index (χ4n) is 1.99. The lowest BCUT2D eigenvalue weighted by Gasteiger charge is -1.99. The van der Waals surface area contributed by atoms with Gasteiger partial charge < -0.3 is 4.74 Å². The number of hydrogen-bond acceptors (Lipinski definition) is 9. The van der Waals surface area contributed by atoms with Crippen LogP contribution in [0.3, 0.4) is 0 Å². The van der Waals surface area contributed by atoms with Gasteiger partial charge in [0.05, 0.1) is 5.69 Å². The lowest BCUT2D eigenvalue weighted by molar-refractivity contribution is 0.0462. The average molecular weight is 386 g/mol. The summed E-state index contributed by atoms with van der Waals surface area (Å²) >= 11 is 4.46. The Morgan fingerprint density at radius 1 is 1.04 bits per heavy atom. The largest absolute Gasteiger partial charge is 0.454 e. The molecule has 124 valence electrons. The van der Waals surface area contributed by atoms with Crippen molar-refractivity contribution in [2.24, 2.45) is 0 Å². The van der Waals surface area contributed by atoms with E-state index < -0.39 is 5.97 Å². The van der Waals surface area contributed by atoms with E-state index in [1.807, 2.05) is 22.2 Å². The molecule has 4 heterocycles. The summed E-state index contributed by atoms with van der Waals surface area (Å²) in [4.78, 5) is 29.1. The van der Waals surface area contributed by atoms with E-state index in [9.17, 15) is 4.79 Å². The fourth-order valence-corrected chi connectivity index (χ4v) is 4.24. The standard InChI is InChI=1S/C16H10N4O2S3/c21-16(12-9-25-15(20-12)13-17-3-1-4-18-13)22-6-11-8-24-14(19-11)10-2-5-23-7-10/h1-5,7-9H,6H2. The Kier molecular flexibility index (Phi) is 4.59. The molecule has 6 nitrogen and oxygen atoms in total. The molecule has 0 bridgehead atoms. The molecule has 0 saturated carbocycles. The predicted octanol–water partition coefficient (Wildman–Crippen LogP) is 4.14. The first kappa shape index (κ1) is 16.0. The van der Waals surface area contributed by atoms with Gasteiger partial charge in [-0.2, -0.15) is 11.3 Å². The van der Waals surface area contributed by atoms with Crippen molar-refractivity contribution < 1.29 is 9.53 Å². The number of thiophene rings is 1. The number of hydrogen-bond donors (Lipinski definition) is 0. The van der Waals surface area contributed by atoms with E-state index in [1.54, 1.807) is 35.2 Å². The molecular weight excluding hydrogens is 376 g/mol. The van der Waals surface area contributed by atoms with E-state index in [0.717, 1.165) is 16.3 Å². The van der Waals surface area contributed by atoms with E-state index >= 15 is 0 Å². The Morgan fingerprint density at radius 2 is 1.88 bits per heavy atom. The van der Waals surface area contributed by atoms with Gasteiger partial charge in [0.15, 0.2) is 16.5 Å². The lowest BCUT2D eigenvalue weighted by Crippen LogP contribution is -2.06. The Morgan fingerprint density at radius 3 is 2.68 bits per heavy atom. The molecule has 0 aliphatic heterocycles. The number of carbonyl (C=O) groups excluding carboxylic acids is 1. The minimum absolute atomic E-state index is 0.119. The van der Waals surface area contributed by atoms with Gasteiger partial charge in [0.25, 0.3) is 0 Å². The topological polar surface area (TPSA) is 77.9 Å². The summed E-state index contributed by atoms with van der Waals surface area (Å²) in [6.45, 7) is 0.119. The van der Waals surface area contributed by atoms with Gasteiger partial charge in [0, 0.05) is 34.1 Å². The second-order valence-electron chi connectivity index (χ2n) is 4.84. The van der Waals surface area contributed by atoms with E-state index in [2.05, 4.69) is 19.9 Å². The highest BCUT2D eigenvalue weighted by Crippen LogP contribution is 2.26. The van der Waals surface area contributed by atoms with Crippen LogP contribution in [0.4, 0.5) is 0 Å². The molecule has 0 N–H and O–H groups in total. The smallest absolute Gasteiger partial charge is 0.358 e. The van der Waals surface area contributed by atoms with Crippen molar-refractivity contribution >= 4 is 40.0 Å². The highest BCUT2D eigenvalue weighted by atomic mass is 32.1. The normalized spacial score (nSPS) is 10.7. The predicted molar refractivity (Wildman–Crippen MR) is 97.7 cm³/mol. The summed E-state index contributed by atoms with van der Waals surface area (Å²) in [6, 6.07) is 3.74. The molecule has 0 aromatic carbocycles. The molecule has 0 aliphatic carbocycles. The number of rotatable bonds is 5. The highest BCUT2D eigenvalue weighted by molar-refractivity contribution is 7.14. The maximum atomic E-state index is 12.2. The zero-order chi connectivity index (χ0) is 17.1. The van der Waals surface area contributed by atoms with Gasteiger partial charge in [-0.3, -0.25) is 0 Å². The van der Waals surface area contributed by atoms with Crippen LogP contribution in [-0.2, 0) is 11.3 Å². The van der Waals surface area contributed by atoms with E-state index in [0.29, 0.717) is 10.8 Å². The Balaban J connectivity index is 1.40. The molecule has 0 spiro atoms. The van der Waals surface area contributed by atoms with Crippen molar-refractivity contribution in [3.8, 4) is 21.4 Å². The molecule has 0 unspecified atom stereocenters. The first-order chi connectivity index (χ1) is 12.3. The quantitative estimate of drug-likeness (QED) is 0.480. The second kappa shape index (κ2) is 7.18. The monoisotopic (exact) mass is 386 g/mol. The van der Waals surface area contributed by atoms with Crippen LogP contribution < -0.4 is 0 Å². The van der Waals surface area contributed by atoms with Gasteiger partial charge in [-0.1, -0.05) is 0 Å². The summed E-state index contributed by atoms with van der Waals surface area (Å²) in [5.41, 5.74) is 2.06. The third kappa shape index (κ3) is 3.63. The van der Waals surface area contributed by atoms with E-state index in [-0.39, 0.29) is 12.3 Å². The fraction of sp³-hybridized carbons (Fsp3) is 0.0625. The van der Waals surface area contributed by atoms with Crippen molar-refractivity contribution in [1.29, 1.82) is 0 Å². The molecule has 0 amide bonds. The number of nitrogens with zero attached hydrogens (tertiary/aromatic N) is 4. The van der Waals surface area contributed by atoms with Crippen LogP contribution in [0.25, 0.3) is 21.4 Å². The van der Waals surface area contributed by atoms with Crippen LogP contribution in [0.2, 0.25) is 0 Å². The zero-order valence-electron chi connectivity index (χ0n) is 12.7. The number of esters is 1. The van der Waals surface area contributed by atoms with Crippen molar-refractivity contribution in [2.75, 3.05) is 0 Å². The van der Waals surface area contributed by atoms with Gasteiger partial charge >= 0.3 is 5.97 Å². The minimum atomic E-state index is -0.483. The first-order valence-corrected chi connectivity index (χ1v) is 9.87. The molecule has 4 rings (SSSR count). The average Bonchev–Trinajstić information content (AvgIpc) is 3.41. The Bertz CT molecular complexity index is 980. The Hall–Kier alpha value is -2.49. The van der Waals surface area contributed by atoms with Crippen LogP contribution in [0.5, 0.6) is 0 Å². The van der Waals surface area contributed by atoms with Gasteiger partial charge in [-0.15, -0.1) is 22.7 Å². The van der Waals surface area contributed by atoms with Crippen molar-refractivity contribution in [3.63, 3.8) is 0 Å². The summed E-state index contributed by atoms with van der Waals surface area (Å²) in [6.07, 6.45) is 3.27. The number of ether oxygens (including phenoxy) is 1. The third-order valence-corrected chi connectivity index (χ3v) is 5.60. The molecule has 0 fully saturated rings. The summed E-state index contributed by atoms with van der Waals surface area (Å²) in [5, 5.41) is 9.09. The van der Waals surface area contributed by atoms with Crippen LogP contribution in [0.15, 0.2) is 46.0 Å². The molecular formula is C16H10N4O2S3. The van der Waals surface area contributed by atoms with Gasteiger partial charge in [0.1, 0.15) is 11.6 Å². The lowest BCUT2D eigenvalue weighted by atomic mass is 10.4.